The zero-order chi connectivity index (χ0) is 14.4. The lowest BCUT2D eigenvalue weighted by atomic mass is 10.0. The van der Waals surface area contributed by atoms with Gasteiger partial charge in [-0.3, -0.25) is 0 Å². The Bertz CT molecular complexity index is 394. The highest BCUT2D eigenvalue weighted by Crippen LogP contribution is 2.33. The fraction of sp³-hybridized carbons (Fsp3) is 0.647. The Labute approximate surface area is 122 Å². The van der Waals surface area contributed by atoms with Crippen molar-refractivity contribution in [2.45, 2.75) is 57.8 Å². The van der Waals surface area contributed by atoms with Crippen molar-refractivity contribution < 1.29 is 9.47 Å². The van der Waals surface area contributed by atoms with Crippen LogP contribution in [0.5, 0.6) is 5.75 Å². The first-order valence-corrected chi connectivity index (χ1v) is 7.64. The number of nitrogens with one attached hydrogen (secondary N) is 1. The second-order valence-corrected chi connectivity index (χ2v) is 6.06. The van der Waals surface area contributed by atoms with Gasteiger partial charge in [-0.2, -0.15) is 0 Å². The largest absolute Gasteiger partial charge is 0.497 e. The predicted octanol–water partition coefficient (Wildman–Crippen LogP) is 3.52. The Morgan fingerprint density at radius 3 is 2.35 bits per heavy atom. The highest BCUT2D eigenvalue weighted by molar-refractivity contribution is 5.26. The Hall–Kier alpha value is -1.06. The van der Waals surface area contributed by atoms with Gasteiger partial charge in [0.05, 0.1) is 19.3 Å². The predicted molar refractivity (Wildman–Crippen MR) is 82.1 cm³/mol. The quantitative estimate of drug-likeness (QED) is 0.827. The summed E-state index contributed by atoms with van der Waals surface area (Å²) in [4.78, 5) is 0. The molecule has 0 amide bonds. The van der Waals surface area contributed by atoms with Gasteiger partial charge in [0.2, 0.25) is 0 Å². The molecule has 0 aromatic heterocycles. The Balaban J connectivity index is 1.90. The fourth-order valence-electron chi connectivity index (χ4n) is 2.74. The molecule has 0 spiro atoms. The first-order chi connectivity index (χ1) is 9.63. The second kappa shape index (κ2) is 7.09. The normalized spacial score (nSPS) is 17.6. The molecule has 3 nitrogen and oxygen atoms in total. The van der Waals surface area contributed by atoms with Crippen LogP contribution in [0.4, 0.5) is 0 Å². The van der Waals surface area contributed by atoms with E-state index < -0.39 is 0 Å². The zero-order valence-electron chi connectivity index (χ0n) is 12.9. The summed E-state index contributed by atoms with van der Waals surface area (Å²) in [5.74, 6) is 0.894. The highest BCUT2D eigenvalue weighted by atomic mass is 16.5. The average Bonchev–Trinajstić information content (AvgIpc) is 2.93. The summed E-state index contributed by atoms with van der Waals surface area (Å²) >= 11 is 0. The lowest BCUT2D eigenvalue weighted by molar-refractivity contribution is -0.0514. The summed E-state index contributed by atoms with van der Waals surface area (Å²) in [7, 11) is 1.69. The van der Waals surface area contributed by atoms with Gasteiger partial charge in [-0.15, -0.1) is 0 Å². The Morgan fingerprint density at radius 2 is 1.80 bits per heavy atom. The van der Waals surface area contributed by atoms with Gasteiger partial charge in [0, 0.05) is 12.6 Å². The molecule has 20 heavy (non-hydrogen) atoms. The van der Waals surface area contributed by atoms with E-state index in [-0.39, 0.29) is 5.60 Å². The maximum atomic E-state index is 6.30. The van der Waals surface area contributed by atoms with Crippen LogP contribution in [0, 0.1) is 0 Å². The maximum Gasteiger partial charge on any atom is 0.118 e. The van der Waals surface area contributed by atoms with Crippen LogP contribution in [0.1, 0.15) is 45.1 Å². The second-order valence-electron chi connectivity index (χ2n) is 6.06. The number of hydrogen-bond acceptors (Lipinski definition) is 3. The molecule has 0 bridgehead atoms. The molecule has 1 N–H and O–H groups in total. The van der Waals surface area contributed by atoms with Crippen LogP contribution in [0.15, 0.2) is 24.3 Å². The number of hydrogen-bond donors (Lipinski definition) is 1. The van der Waals surface area contributed by atoms with E-state index in [4.69, 9.17) is 9.47 Å². The molecule has 0 saturated heterocycles. The van der Waals surface area contributed by atoms with Gasteiger partial charge in [-0.1, -0.05) is 38.8 Å². The molecule has 0 unspecified atom stereocenters. The molecule has 1 fully saturated rings. The summed E-state index contributed by atoms with van der Waals surface area (Å²) < 4.78 is 11.5. The van der Waals surface area contributed by atoms with Crippen molar-refractivity contribution in [3.8, 4) is 5.75 Å². The van der Waals surface area contributed by atoms with Gasteiger partial charge in [-0.05, 0) is 30.5 Å². The SMILES string of the molecule is COc1ccc(COC2(CNC(C)C)CCCC2)cc1. The molecular formula is C17H27NO2. The van der Waals surface area contributed by atoms with Crippen LogP contribution in [-0.2, 0) is 11.3 Å². The van der Waals surface area contributed by atoms with Gasteiger partial charge < -0.3 is 14.8 Å². The van der Waals surface area contributed by atoms with Crippen LogP contribution in [0.3, 0.4) is 0 Å². The summed E-state index contributed by atoms with van der Waals surface area (Å²) in [6.07, 6.45) is 4.90. The van der Waals surface area contributed by atoms with E-state index in [2.05, 4.69) is 31.3 Å². The Kier molecular flexibility index (Phi) is 5.44. The van der Waals surface area contributed by atoms with Crippen LogP contribution in [0.2, 0.25) is 0 Å². The molecule has 0 radical (unpaired) electrons. The van der Waals surface area contributed by atoms with E-state index in [1.165, 1.54) is 31.2 Å². The molecule has 1 aliphatic carbocycles. The van der Waals surface area contributed by atoms with Crippen LogP contribution in [-0.4, -0.2) is 25.3 Å². The van der Waals surface area contributed by atoms with Crippen molar-refractivity contribution in [3.05, 3.63) is 29.8 Å². The van der Waals surface area contributed by atoms with E-state index in [9.17, 15) is 0 Å². The van der Waals surface area contributed by atoms with Crippen LogP contribution < -0.4 is 10.1 Å². The minimum absolute atomic E-state index is 0.0319. The molecule has 1 aliphatic rings. The molecule has 112 valence electrons. The minimum atomic E-state index is 0.0319. The fourth-order valence-corrected chi connectivity index (χ4v) is 2.74. The van der Waals surface area contributed by atoms with E-state index >= 15 is 0 Å². The Morgan fingerprint density at radius 1 is 1.15 bits per heavy atom. The molecule has 3 heteroatoms. The van der Waals surface area contributed by atoms with E-state index in [1.807, 2.05) is 12.1 Å². The van der Waals surface area contributed by atoms with Crippen molar-refractivity contribution in [3.63, 3.8) is 0 Å². The third-order valence-electron chi connectivity index (χ3n) is 4.05. The summed E-state index contributed by atoms with van der Waals surface area (Å²) in [5, 5.41) is 3.54. The molecule has 2 rings (SSSR count). The van der Waals surface area contributed by atoms with Gasteiger partial charge in [-0.25, -0.2) is 0 Å². The monoisotopic (exact) mass is 277 g/mol. The number of rotatable bonds is 7. The molecule has 1 saturated carbocycles. The third-order valence-corrected chi connectivity index (χ3v) is 4.05. The standard InChI is InChI=1S/C17H27NO2/c1-14(2)18-13-17(10-4-5-11-17)20-12-15-6-8-16(19-3)9-7-15/h6-9,14,18H,4-5,10-13H2,1-3H3. The van der Waals surface area contributed by atoms with Gasteiger partial charge in [0.1, 0.15) is 5.75 Å². The highest BCUT2D eigenvalue weighted by Gasteiger charge is 2.34. The lowest BCUT2D eigenvalue weighted by Gasteiger charge is -2.31. The molecular weight excluding hydrogens is 250 g/mol. The van der Waals surface area contributed by atoms with Gasteiger partial charge in [0.25, 0.3) is 0 Å². The minimum Gasteiger partial charge on any atom is -0.497 e. The van der Waals surface area contributed by atoms with Gasteiger partial charge in [0.15, 0.2) is 0 Å². The van der Waals surface area contributed by atoms with Crippen LogP contribution in [0.25, 0.3) is 0 Å². The topological polar surface area (TPSA) is 30.5 Å². The van der Waals surface area contributed by atoms with Crippen molar-refractivity contribution >= 4 is 0 Å². The smallest absolute Gasteiger partial charge is 0.118 e. The first kappa shape index (κ1) is 15.3. The van der Waals surface area contributed by atoms with E-state index in [1.54, 1.807) is 7.11 Å². The van der Waals surface area contributed by atoms with E-state index in [0.717, 1.165) is 12.3 Å². The van der Waals surface area contributed by atoms with Crippen molar-refractivity contribution in [2.24, 2.45) is 0 Å². The average molecular weight is 277 g/mol. The maximum absolute atomic E-state index is 6.30. The summed E-state index contributed by atoms with van der Waals surface area (Å²) in [5.41, 5.74) is 1.24. The molecule has 1 aromatic carbocycles. The number of ether oxygens (including phenoxy) is 2. The number of methoxy groups -OCH3 is 1. The molecule has 1 aromatic rings. The van der Waals surface area contributed by atoms with Crippen LogP contribution >= 0.6 is 0 Å². The van der Waals surface area contributed by atoms with Gasteiger partial charge >= 0.3 is 0 Å². The zero-order valence-corrected chi connectivity index (χ0v) is 12.9. The summed E-state index contributed by atoms with van der Waals surface area (Å²) in [6, 6.07) is 8.66. The number of benzene rings is 1. The van der Waals surface area contributed by atoms with Crippen molar-refractivity contribution in [2.75, 3.05) is 13.7 Å². The van der Waals surface area contributed by atoms with Crippen molar-refractivity contribution in [1.82, 2.24) is 5.32 Å². The molecule has 0 atom stereocenters. The first-order valence-electron chi connectivity index (χ1n) is 7.64. The van der Waals surface area contributed by atoms with Crippen molar-refractivity contribution in [1.29, 1.82) is 0 Å². The molecule has 0 aliphatic heterocycles. The molecule has 0 heterocycles. The van der Waals surface area contributed by atoms with E-state index in [0.29, 0.717) is 12.6 Å². The summed E-state index contributed by atoms with van der Waals surface area (Å²) in [6.45, 7) is 6.02. The lowest BCUT2D eigenvalue weighted by Crippen LogP contribution is -2.43. The third kappa shape index (κ3) is 4.22.